The maximum absolute atomic E-state index is 14.2. The Morgan fingerprint density at radius 3 is 2.63 bits per heavy atom. The van der Waals surface area contributed by atoms with Gasteiger partial charge in [-0.3, -0.25) is 0 Å². The number of halogens is 5. The van der Waals surface area contributed by atoms with Crippen molar-refractivity contribution in [2.45, 2.75) is 24.4 Å². The molecule has 3 nitrogen and oxygen atoms in total. The summed E-state index contributed by atoms with van der Waals surface area (Å²) >= 11 is 5.63. The van der Waals surface area contributed by atoms with Gasteiger partial charge in [-0.05, 0) is 23.8 Å². The van der Waals surface area contributed by atoms with Crippen molar-refractivity contribution in [2.75, 3.05) is 0 Å². The van der Waals surface area contributed by atoms with Crippen molar-refractivity contribution in [1.29, 1.82) is 0 Å². The molecule has 0 aromatic heterocycles. The van der Waals surface area contributed by atoms with Gasteiger partial charge in [-0.1, -0.05) is 11.6 Å². The minimum absolute atomic E-state index is 0.0158. The molecule has 0 radical (unpaired) electrons. The molecule has 0 fully saturated rings. The van der Waals surface area contributed by atoms with Crippen molar-refractivity contribution < 1.29 is 32.2 Å². The fraction of sp³-hybridized carbons (Fsp3) is 0.364. The Morgan fingerprint density at radius 1 is 1.47 bits per heavy atom. The van der Waals surface area contributed by atoms with Crippen LogP contribution in [-0.4, -0.2) is 29.0 Å². The van der Waals surface area contributed by atoms with E-state index in [1.807, 2.05) is 0 Å². The standard InChI is InChI=1S/C11H7ClF4O3/c12-6-1-2-7-5(3-6)4-10(13,9(17)18)8(19-7)11(14,15)16/h1-3,8H,4H2,(H,17,18). The molecule has 0 bridgehead atoms. The van der Waals surface area contributed by atoms with Crippen molar-refractivity contribution >= 4 is 17.6 Å². The number of hydrogen-bond donors (Lipinski definition) is 1. The lowest BCUT2D eigenvalue weighted by molar-refractivity contribution is -0.239. The normalized spacial score (nSPS) is 26.5. The molecule has 0 saturated heterocycles. The zero-order valence-corrected chi connectivity index (χ0v) is 9.93. The van der Waals surface area contributed by atoms with Gasteiger partial charge >= 0.3 is 12.1 Å². The van der Waals surface area contributed by atoms with Gasteiger partial charge in [0.25, 0.3) is 5.67 Å². The number of rotatable bonds is 1. The third-order valence-corrected chi connectivity index (χ3v) is 3.02. The molecular formula is C11H7ClF4O3. The molecule has 1 aromatic rings. The Morgan fingerprint density at radius 2 is 2.11 bits per heavy atom. The monoisotopic (exact) mass is 298 g/mol. The maximum Gasteiger partial charge on any atom is 0.429 e. The van der Waals surface area contributed by atoms with Crippen LogP contribution in [-0.2, 0) is 11.2 Å². The van der Waals surface area contributed by atoms with Gasteiger partial charge in [0.15, 0.2) is 0 Å². The number of hydrogen-bond acceptors (Lipinski definition) is 2. The molecule has 0 spiro atoms. The molecule has 1 aliphatic heterocycles. The van der Waals surface area contributed by atoms with E-state index in [0.29, 0.717) is 0 Å². The molecule has 19 heavy (non-hydrogen) atoms. The number of ether oxygens (including phenoxy) is 1. The van der Waals surface area contributed by atoms with Gasteiger partial charge in [0.2, 0.25) is 6.10 Å². The van der Waals surface area contributed by atoms with E-state index in [9.17, 15) is 22.4 Å². The third kappa shape index (κ3) is 2.34. The third-order valence-electron chi connectivity index (χ3n) is 2.78. The van der Waals surface area contributed by atoms with E-state index >= 15 is 0 Å². The van der Waals surface area contributed by atoms with Gasteiger partial charge in [0.1, 0.15) is 5.75 Å². The molecule has 0 aliphatic carbocycles. The number of alkyl halides is 4. The predicted molar refractivity (Wildman–Crippen MR) is 57.1 cm³/mol. The number of carboxylic acids is 1. The second-order valence-electron chi connectivity index (χ2n) is 4.14. The van der Waals surface area contributed by atoms with Crippen LogP contribution in [0.5, 0.6) is 5.75 Å². The van der Waals surface area contributed by atoms with Crippen LogP contribution in [0, 0.1) is 0 Å². The number of fused-ring (bicyclic) bond motifs is 1. The van der Waals surface area contributed by atoms with Crippen molar-refractivity contribution in [2.24, 2.45) is 0 Å². The summed E-state index contributed by atoms with van der Waals surface area (Å²) in [5, 5.41) is 8.89. The van der Waals surface area contributed by atoms with Crippen LogP contribution in [0.15, 0.2) is 18.2 Å². The average molecular weight is 299 g/mol. The molecule has 1 N–H and O–H groups in total. The van der Waals surface area contributed by atoms with Gasteiger partial charge in [-0.2, -0.15) is 13.2 Å². The Hall–Kier alpha value is -1.50. The summed E-state index contributed by atoms with van der Waals surface area (Å²) in [4.78, 5) is 10.8. The fourth-order valence-electron chi connectivity index (χ4n) is 1.91. The number of carboxylic acid groups (broad SMARTS) is 1. The molecule has 0 saturated carbocycles. The van der Waals surface area contributed by atoms with Crippen LogP contribution in [0.25, 0.3) is 0 Å². The summed E-state index contributed by atoms with van der Waals surface area (Å²) in [7, 11) is 0. The predicted octanol–water partition coefficient (Wildman–Crippen LogP) is 3.00. The molecule has 2 unspecified atom stereocenters. The van der Waals surface area contributed by atoms with E-state index in [2.05, 4.69) is 4.74 Å². The highest BCUT2D eigenvalue weighted by molar-refractivity contribution is 6.30. The van der Waals surface area contributed by atoms with E-state index in [0.717, 1.165) is 6.07 Å². The molecular weight excluding hydrogens is 292 g/mol. The number of carbonyl (C=O) groups is 1. The van der Waals surface area contributed by atoms with Crippen LogP contribution in [0.1, 0.15) is 5.56 Å². The van der Waals surface area contributed by atoms with Gasteiger partial charge in [-0.25, -0.2) is 9.18 Å². The summed E-state index contributed by atoms with van der Waals surface area (Å²) in [6.45, 7) is 0. The topological polar surface area (TPSA) is 46.5 Å². The Kier molecular flexibility index (Phi) is 3.12. The first kappa shape index (κ1) is 13.9. The second-order valence-corrected chi connectivity index (χ2v) is 4.57. The fourth-order valence-corrected chi connectivity index (χ4v) is 2.10. The van der Waals surface area contributed by atoms with E-state index in [4.69, 9.17) is 16.7 Å². The Labute approximate surface area is 109 Å². The highest BCUT2D eigenvalue weighted by Gasteiger charge is 2.63. The van der Waals surface area contributed by atoms with Crippen LogP contribution >= 0.6 is 11.6 Å². The van der Waals surface area contributed by atoms with Gasteiger partial charge in [-0.15, -0.1) is 0 Å². The minimum atomic E-state index is -5.13. The molecule has 1 heterocycles. The Balaban J connectivity index is 2.52. The lowest BCUT2D eigenvalue weighted by Gasteiger charge is -2.36. The molecule has 2 rings (SSSR count). The van der Waals surface area contributed by atoms with Crippen LogP contribution in [0.3, 0.4) is 0 Å². The summed E-state index contributed by atoms with van der Waals surface area (Å²) in [5.74, 6) is -2.44. The van der Waals surface area contributed by atoms with Crippen molar-refractivity contribution in [3.05, 3.63) is 28.8 Å². The largest absolute Gasteiger partial charge is 0.479 e. The molecule has 1 aliphatic rings. The molecule has 1 aromatic carbocycles. The minimum Gasteiger partial charge on any atom is -0.479 e. The highest BCUT2D eigenvalue weighted by atomic mass is 35.5. The van der Waals surface area contributed by atoms with E-state index < -0.39 is 30.3 Å². The van der Waals surface area contributed by atoms with E-state index in [1.165, 1.54) is 12.1 Å². The number of benzene rings is 1. The van der Waals surface area contributed by atoms with Crippen LogP contribution < -0.4 is 4.74 Å². The van der Waals surface area contributed by atoms with E-state index in [1.54, 1.807) is 0 Å². The lowest BCUT2D eigenvalue weighted by Crippen LogP contribution is -2.59. The molecule has 104 valence electrons. The Bertz CT molecular complexity index is 531. The van der Waals surface area contributed by atoms with Crippen LogP contribution in [0.2, 0.25) is 5.02 Å². The summed E-state index contributed by atoms with van der Waals surface area (Å²) in [5.41, 5.74) is -3.59. The smallest absolute Gasteiger partial charge is 0.429 e. The van der Waals surface area contributed by atoms with Crippen molar-refractivity contribution in [3.63, 3.8) is 0 Å². The first-order valence-corrected chi connectivity index (χ1v) is 5.46. The zero-order valence-electron chi connectivity index (χ0n) is 9.17. The lowest BCUT2D eigenvalue weighted by atomic mass is 9.87. The average Bonchev–Trinajstić information content (AvgIpc) is 2.26. The number of aliphatic carboxylic acids is 1. The van der Waals surface area contributed by atoms with Gasteiger partial charge < -0.3 is 9.84 Å². The summed E-state index contributed by atoms with van der Waals surface area (Å²) in [6, 6.07) is 3.61. The summed E-state index contributed by atoms with van der Waals surface area (Å²) in [6.07, 6.45) is -9.14. The highest BCUT2D eigenvalue weighted by Crippen LogP contribution is 2.43. The first-order valence-electron chi connectivity index (χ1n) is 5.08. The quantitative estimate of drug-likeness (QED) is 0.811. The zero-order chi connectivity index (χ0) is 14.4. The van der Waals surface area contributed by atoms with Crippen LogP contribution in [0.4, 0.5) is 17.6 Å². The molecule has 8 heteroatoms. The van der Waals surface area contributed by atoms with Crippen molar-refractivity contribution in [1.82, 2.24) is 0 Å². The van der Waals surface area contributed by atoms with Gasteiger partial charge in [0.05, 0.1) is 0 Å². The SMILES string of the molecule is O=C(O)C1(F)Cc2cc(Cl)ccc2OC1C(F)(F)F. The first-order chi connectivity index (χ1) is 8.64. The van der Waals surface area contributed by atoms with Gasteiger partial charge in [0, 0.05) is 11.4 Å². The maximum atomic E-state index is 14.2. The molecule has 2 atom stereocenters. The van der Waals surface area contributed by atoms with Crippen molar-refractivity contribution in [3.8, 4) is 5.75 Å². The van der Waals surface area contributed by atoms with E-state index in [-0.39, 0.29) is 16.3 Å². The molecule has 0 amide bonds. The second kappa shape index (κ2) is 4.26. The summed E-state index contributed by atoms with van der Waals surface area (Å²) < 4.78 is 56.8.